The number of nitrogens with zero attached hydrogens (tertiary/aromatic N) is 1. The van der Waals surface area contributed by atoms with E-state index in [0.29, 0.717) is 12.4 Å². The summed E-state index contributed by atoms with van der Waals surface area (Å²) in [6, 6.07) is 12.1. The number of benzene rings is 2. The van der Waals surface area contributed by atoms with Crippen LogP contribution in [0.2, 0.25) is 0 Å². The second kappa shape index (κ2) is 6.73. The number of likely N-dealkylation sites (N-methyl/N-ethyl adjacent to an activating group) is 1. The van der Waals surface area contributed by atoms with Crippen LogP contribution in [0.15, 0.2) is 36.4 Å². The number of hydrogen-bond acceptors (Lipinski definition) is 3. The van der Waals surface area contributed by atoms with Crippen LogP contribution < -0.4 is 0 Å². The highest BCUT2D eigenvalue weighted by molar-refractivity contribution is 5.89. The number of fused-ring (bicyclic) bond motifs is 1. The first kappa shape index (κ1) is 14.8. The highest BCUT2D eigenvalue weighted by atomic mass is 16.5. The Morgan fingerprint density at radius 3 is 2.70 bits per heavy atom. The first-order valence-electron chi connectivity index (χ1n) is 7.13. The standard InChI is InChI=1S/C17H23NO2/c1-4-20-12-11-18(3)13(2)15-10-9-14-7-5-6-8-16(14)17(15)19/h5-10,13,19H,4,11-12H2,1-3H3. The van der Waals surface area contributed by atoms with Crippen LogP contribution in [-0.4, -0.2) is 36.8 Å². The van der Waals surface area contributed by atoms with Crippen molar-refractivity contribution in [1.29, 1.82) is 0 Å². The third kappa shape index (κ3) is 3.11. The average Bonchev–Trinajstić information content (AvgIpc) is 2.47. The lowest BCUT2D eigenvalue weighted by molar-refractivity contribution is 0.110. The topological polar surface area (TPSA) is 32.7 Å². The summed E-state index contributed by atoms with van der Waals surface area (Å²) in [7, 11) is 2.05. The molecule has 108 valence electrons. The summed E-state index contributed by atoms with van der Waals surface area (Å²) in [6.07, 6.45) is 0. The van der Waals surface area contributed by atoms with E-state index in [-0.39, 0.29) is 6.04 Å². The zero-order chi connectivity index (χ0) is 14.5. The van der Waals surface area contributed by atoms with Crippen LogP contribution in [0.5, 0.6) is 5.75 Å². The number of phenols is 1. The molecular formula is C17H23NO2. The molecule has 0 aromatic heterocycles. The lowest BCUT2D eigenvalue weighted by Crippen LogP contribution is -2.26. The second-order valence-corrected chi connectivity index (χ2v) is 5.08. The second-order valence-electron chi connectivity index (χ2n) is 5.08. The van der Waals surface area contributed by atoms with Gasteiger partial charge in [0.25, 0.3) is 0 Å². The molecule has 2 rings (SSSR count). The van der Waals surface area contributed by atoms with Crippen molar-refractivity contribution in [2.75, 3.05) is 26.8 Å². The van der Waals surface area contributed by atoms with Crippen molar-refractivity contribution >= 4 is 10.8 Å². The monoisotopic (exact) mass is 273 g/mol. The number of phenolic OH excluding ortho intramolecular Hbond substituents is 1. The van der Waals surface area contributed by atoms with Gasteiger partial charge >= 0.3 is 0 Å². The van der Waals surface area contributed by atoms with Gasteiger partial charge in [-0.1, -0.05) is 36.4 Å². The van der Waals surface area contributed by atoms with Crippen LogP contribution in [0.25, 0.3) is 10.8 Å². The van der Waals surface area contributed by atoms with Gasteiger partial charge in [-0.25, -0.2) is 0 Å². The SMILES string of the molecule is CCOCCN(C)C(C)c1ccc2ccccc2c1O. The van der Waals surface area contributed by atoms with Crippen LogP contribution in [0.1, 0.15) is 25.5 Å². The molecule has 1 N–H and O–H groups in total. The molecule has 3 heteroatoms. The molecule has 20 heavy (non-hydrogen) atoms. The molecule has 0 heterocycles. The fraction of sp³-hybridized carbons (Fsp3) is 0.412. The van der Waals surface area contributed by atoms with Crippen molar-refractivity contribution in [2.45, 2.75) is 19.9 Å². The summed E-state index contributed by atoms with van der Waals surface area (Å²) in [5.41, 5.74) is 0.961. The van der Waals surface area contributed by atoms with Crippen molar-refractivity contribution in [3.05, 3.63) is 42.0 Å². The van der Waals surface area contributed by atoms with E-state index in [9.17, 15) is 5.11 Å². The predicted octanol–water partition coefficient (Wildman–Crippen LogP) is 3.57. The zero-order valence-electron chi connectivity index (χ0n) is 12.5. The summed E-state index contributed by atoms with van der Waals surface area (Å²) in [6.45, 7) is 6.41. The molecule has 0 aliphatic rings. The maximum atomic E-state index is 10.5. The molecule has 0 aliphatic heterocycles. The smallest absolute Gasteiger partial charge is 0.128 e. The maximum Gasteiger partial charge on any atom is 0.128 e. The highest BCUT2D eigenvalue weighted by Gasteiger charge is 2.16. The number of hydrogen-bond donors (Lipinski definition) is 1. The minimum absolute atomic E-state index is 0.153. The van der Waals surface area contributed by atoms with Gasteiger partial charge in [0.1, 0.15) is 5.75 Å². The lowest BCUT2D eigenvalue weighted by Gasteiger charge is -2.26. The van der Waals surface area contributed by atoms with Gasteiger partial charge in [-0.2, -0.15) is 0 Å². The fourth-order valence-corrected chi connectivity index (χ4v) is 2.39. The summed E-state index contributed by atoms with van der Waals surface area (Å²) in [5, 5.41) is 12.5. The van der Waals surface area contributed by atoms with E-state index >= 15 is 0 Å². The molecule has 0 amide bonds. The van der Waals surface area contributed by atoms with Crippen molar-refractivity contribution in [2.24, 2.45) is 0 Å². The molecule has 0 bridgehead atoms. The van der Waals surface area contributed by atoms with Crippen LogP contribution in [0.4, 0.5) is 0 Å². The van der Waals surface area contributed by atoms with E-state index in [1.807, 2.05) is 37.3 Å². The normalized spacial score (nSPS) is 13.0. The summed E-state index contributed by atoms with van der Waals surface area (Å²) in [4.78, 5) is 2.19. The Morgan fingerprint density at radius 1 is 1.20 bits per heavy atom. The molecule has 0 spiro atoms. The van der Waals surface area contributed by atoms with Gasteiger partial charge in [-0.3, -0.25) is 4.90 Å². The van der Waals surface area contributed by atoms with Gasteiger partial charge in [0.05, 0.1) is 6.61 Å². The average molecular weight is 273 g/mol. The van der Waals surface area contributed by atoms with Gasteiger partial charge in [0.15, 0.2) is 0 Å². The van der Waals surface area contributed by atoms with Gasteiger partial charge in [0, 0.05) is 30.1 Å². The molecule has 0 fully saturated rings. The molecule has 0 aliphatic carbocycles. The van der Waals surface area contributed by atoms with Gasteiger partial charge in [-0.05, 0) is 26.3 Å². The van der Waals surface area contributed by atoms with Crippen molar-refractivity contribution in [3.63, 3.8) is 0 Å². The Morgan fingerprint density at radius 2 is 1.95 bits per heavy atom. The Bertz CT molecular complexity index is 568. The first-order chi connectivity index (χ1) is 9.65. The van der Waals surface area contributed by atoms with Gasteiger partial charge < -0.3 is 9.84 Å². The van der Waals surface area contributed by atoms with E-state index in [1.54, 1.807) is 0 Å². The Labute approximate surface area is 120 Å². The van der Waals surface area contributed by atoms with Gasteiger partial charge in [0.2, 0.25) is 0 Å². The molecule has 0 radical (unpaired) electrons. The third-order valence-corrected chi connectivity index (χ3v) is 3.84. The quantitative estimate of drug-likeness (QED) is 0.817. The summed E-state index contributed by atoms with van der Waals surface area (Å²) in [5.74, 6) is 0.388. The van der Waals surface area contributed by atoms with Crippen LogP contribution in [-0.2, 0) is 4.74 Å². The van der Waals surface area contributed by atoms with Crippen molar-refractivity contribution < 1.29 is 9.84 Å². The minimum Gasteiger partial charge on any atom is -0.507 e. The largest absolute Gasteiger partial charge is 0.507 e. The van der Waals surface area contributed by atoms with E-state index in [1.165, 1.54) is 0 Å². The minimum atomic E-state index is 0.153. The predicted molar refractivity (Wildman–Crippen MR) is 83.2 cm³/mol. The zero-order valence-corrected chi connectivity index (χ0v) is 12.5. The number of rotatable bonds is 6. The number of ether oxygens (including phenoxy) is 1. The highest BCUT2D eigenvalue weighted by Crippen LogP contribution is 2.34. The van der Waals surface area contributed by atoms with Crippen LogP contribution in [0, 0.1) is 0 Å². The molecule has 1 atom stereocenters. The lowest BCUT2D eigenvalue weighted by atomic mass is 10.0. The Kier molecular flexibility index (Phi) is 4.99. The van der Waals surface area contributed by atoms with Gasteiger partial charge in [-0.15, -0.1) is 0 Å². The van der Waals surface area contributed by atoms with Crippen molar-refractivity contribution in [3.8, 4) is 5.75 Å². The molecular weight excluding hydrogens is 250 g/mol. The molecule has 2 aromatic carbocycles. The molecule has 1 unspecified atom stereocenters. The number of aromatic hydroxyl groups is 1. The fourth-order valence-electron chi connectivity index (χ4n) is 2.39. The van der Waals surface area contributed by atoms with E-state index < -0.39 is 0 Å². The molecule has 0 saturated carbocycles. The summed E-state index contributed by atoms with van der Waals surface area (Å²) >= 11 is 0. The van der Waals surface area contributed by atoms with Crippen LogP contribution in [0.3, 0.4) is 0 Å². The Hall–Kier alpha value is -1.58. The first-order valence-corrected chi connectivity index (χ1v) is 7.13. The third-order valence-electron chi connectivity index (χ3n) is 3.84. The van der Waals surface area contributed by atoms with E-state index in [0.717, 1.165) is 29.5 Å². The maximum absolute atomic E-state index is 10.5. The Balaban J connectivity index is 2.21. The van der Waals surface area contributed by atoms with Crippen molar-refractivity contribution in [1.82, 2.24) is 4.90 Å². The molecule has 2 aromatic rings. The summed E-state index contributed by atoms with van der Waals surface area (Å²) < 4.78 is 5.39. The molecule has 3 nitrogen and oxygen atoms in total. The van der Waals surface area contributed by atoms with Crippen LogP contribution >= 0.6 is 0 Å². The van der Waals surface area contributed by atoms with E-state index in [4.69, 9.17) is 4.74 Å². The molecule has 0 saturated heterocycles. The van der Waals surface area contributed by atoms with E-state index in [2.05, 4.69) is 24.9 Å².